The van der Waals surface area contributed by atoms with Crippen molar-refractivity contribution in [2.24, 2.45) is 4.99 Å². The van der Waals surface area contributed by atoms with Gasteiger partial charge in [0.2, 0.25) is 0 Å². The van der Waals surface area contributed by atoms with Crippen LogP contribution in [0, 0.1) is 0 Å². The molecule has 0 fully saturated rings. The lowest BCUT2D eigenvalue weighted by atomic mass is 10.4. The van der Waals surface area contributed by atoms with Crippen LogP contribution >= 0.6 is 11.8 Å². The second-order valence-electron chi connectivity index (χ2n) is 2.96. The summed E-state index contributed by atoms with van der Waals surface area (Å²) in [7, 11) is 0. The predicted octanol–water partition coefficient (Wildman–Crippen LogP) is 1.98. The summed E-state index contributed by atoms with van der Waals surface area (Å²) in [5.41, 5.74) is 1.00. The summed E-state index contributed by atoms with van der Waals surface area (Å²) in [6.45, 7) is 2.12. The number of hydrogen-bond donors (Lipinski definition) is 1. The van der Waals surface area contributed by atoms with Crippen molar-refractivity contribution < 1.29 is 0 Å². The van der Waals surface area contributed by atoms with Gasteiger partial charge in [0, 0.05) is 11.9 Å². The molecule has 0 aromatic carbocycles. The van der Waals surface area contributed by atoms with Crippen molar-refractivity contribution >= 4 is 22.6 Å². The molecule has 0 bridgehead atoms. The lowest BCUT2D eigenvalue weighted by Gasteiger charge is -2.02. The van der Waals surface area contributed by atoms with E-state index in [9.17, 15) is 0 Å². The number of anilines is 1. The normalized spacial score (nSPS) is 21.3. The Morgan fingerprint density at radius 3 is 3.15 bits per heavy atom. The van der Waals surface area contributed by atoms with Crippen LogP contribution in [0.2, 0.25) is 0 Å². The van der Waals surface area contributed by atoms with E-state index in [1.807, 2.05) is 12.1 Å². The molecule has 0 saturated heterocycles. The summed E-state index contributed by atoms with van der Waals surface area (Å²) in [5.74, 6) is 1.07. The van der Waals surface area contributed by atoms with Gasteiger partial charge in [0.25, 0.3) is 0 Å². The number of rotatable bonds is 1. The van der Waals surface area contributed by atoms with Crippen molar-refractivity contribution in [2.45, 2.75) is 13.0 Å². The second-order valence-corrected chi connectivity index (χ2v) is 3.97. The average molecular weight is 193 g/mol. The number of nitrogens with zero attached hydrogens (tertiary/aromatic N) is 2. The van der Waals surface area contributed by atoms with E-state index in [4.69, 9.17) is 0 Å². The molecular formula is C9H11N3S. The molecule has 1 aliphatic heterocycles. The van der Waals surface area contributed by atoms with Crippen molar-refractivity contribution in [3.63, 3.8) is 0 Å². The van der Waals surface area contributed by atoms with Gasteiger partial charge < -0.3 is 5.32 Å². The molecule has 0 aliphatic carbocycles. The fourth-order valence-electron chi connectivity index (χ4n) is 1.10. The van der Waals surface area contributed by atoms with Crippen LogP contribution in [-0.4, -0.2) is 21.9 Å². The molecule has 1 aromatic heterocycles. The molecule has 0 saturated carbocycles. The van der Waals surface area contributed by atoms with Gasteiger partial charge in [0.1, 0.15) is 0 Å². The van der Waals surface area contributed by atoms with Crippen LogP contribution in [0.15, 0.2) is 29.5 Å². The standard InChI is InChI=1S/C9H11N3S/c1-7-6-13-9(11-7)12-8-3-2-4-10-5-8/h2-5,7H,6H2,1H3,(H,11,12). The SMILES string of the molecule is CC1CSC(Nc2cccnc2)=N1. The quantitative estimate of drug-likeness (QED) is 0.741. The third kappa shape index (κ3) is 2.21. The maximum Gasteiger partial charge on any atom is 0.161 e. The van der Waals surface area contributed by atoms with Crippen LogP contribution in [0.3, 0.4) is 0 Å². The molecule has 1 N–H and O–H groups in total. The van der Waals surface area contributed by atoms with E-state index in [1.165, 1.54) is 0 Å². The Balaban J connectivity index is 2.03. The highest BCUT2D eigenvalue weighted by molar-refractivity contribution is 8.14. The zero-order valence-electron chi connectivity index (χ0n) is 7.40. The molecule has 0 spiro atoms. The van der Waals surface area contributed by atoms with Crippen LogP contribution in [0.5, 0.6) is 0 Å². The molecule has 2 heterocycles. The number of pyridine rings is 1. The Labute approximate surface area is 81.7 Å². The number of amidine groups is 1. The second kappa shape index (κ2) is 3.79. The van der Waals surface area contributed by atoms with E-state index in [-0.39, 0.29) is 0 Å². The monoisotopic (exact) mass is 193 g/mol. The molecular weight excluding hydrogens is 182 g/mol. The van der Waals surface area contributed by atoms with Crippen molar-refractivity contribution in [2.75, 3.05) is 11.1 Å². The summed E-state index contributed by atoms with van der Waals surface area (Å²) < 4.78 is 0. The number of hydrogen-bond acceptors (Lipinski definition) is 4. The van der Waals surface area contributed by atoms with Crippen LogP contribution < -0.4 is 5.32 Å². The number of aliphatic imine (C=N–C) groups is 1. The summed E-state index contributed by atoms with van der Waals surface area (Å²) in [6.07, 6.45) is 3.56. The zero-order valence-corrected chi connectivity index (χ0v) is 8.21. The Morgan fingerprint density at radius 2 is 2.54 bits per heavy atom. The molecule has 1 atom stereocenters. The maximum absolute atomic E-state index is 4.42. The predicted molar refractivity (Wildman–Crippen MR) is 57.2 cm³/mol. The fraction of sp³-hybridized carbons (Fsp3) is 0.333. The van der Waals surface area contributed by atoms with Crippen LogP contribution in [0.4, 0.5) is 5.69 Å². The number of aromatic nitrogens is 1. The first-order valence-corrected chi connectivity index (χ1v) is 5.21. The zero-order chi connectivity index (χ0) is 9.10. The summed E-state index contributed by atoms with van der Waals surface area (Å²) in [6, 6.07) is 4.33. The fourth-order valence-corrected chi connectivity index (χ4v) is 2.02. The molecule has 1 aromatic rings. The van der Waals surface area contributed by atoms with E-state index in [1.54, 1.807) is 24.2 Å². The van der Waals surface area contributed by atoms with Gasteiger partial charge in [0.05, 0.1) is 17.9 Å². The maximum atomic E-state index is 4.42. The van der Waals surface area contributed by atoms with E-state index in [0.29, 0.717) is 6.04 Å². The first kappa shape index (κ1) is 8.56. The first-order chi connectivity index (χ1) is 6.34. The van der Waals surface area contributed by atoms with Gasteiger partial charge >= 0.3 is 0 Å². The Bertz CT molecular complexity index is 310. The van der Waals surface area contributed by atoms with Gasteiger partial charge in [-0.15, -0.1) is 0 Å². The van der Waals surface area contributed by atoms with Gasteiger partial charge in [0.15, 0.2) is 5.17 Å². The third-order valence-electron chi connectivity index (χ3n) is 1.71. The number of thioether (sulfide) groups is 1. The van der Waals surface area contributed by atoms with Gasteiger partial charge in [-0.3, -0.25) is 9.98 Å². The highest BCUT2D eigenvalue weighted by Crippen LogP contribution is 2.18. The Morgan fingerprint density at radius 1 is 1.62 bits per heavy atom. The van der Waals surface area contributed by atoms with Crippen LogP contribution in [0.25, 0.3) is 0 Å². The van der Waals surface area contributed by atoms with Gasteiger partial charge in [-0.25, -0.2) is 0 Å². The smallest absolute Gasteiger partial charge is 0.161 e. The molecule has 3 nitrogen and oxygen atoms in total. The van der Waals surface area contributed by atoms with Gasteiger partial charge in [-0.05, 0) is 19.1 Å². The van der Waals surface area contributed by atoms with Crippen LogP contribution in [-0.2, 0) is 0 Å². The van der Waals surface area contributed by atoms with Crippen molar-refractivity contribution in [1.82, 2.24) is 4.98 Å². The topological polar surface area (TPSA) is 37.3 Å². The average Bonchev–Trinajstić information content (AvgIpc) is 2.53. The Hall–Kier alpha value is -1.03. The van der Waals surface area contributed by atoms with E-state index in [0.717, 1.165) is 16.6 Å². The van der Waals surface area contributed by atoms with Gasteiger partial charge in [-0.1, -0.05) is 11.8 Å². The minimum Gasteiger partial charge on any atom is -0.334 e. The lowest BCUT2D eigenvalue weighted by molar-refractivity contribution is 0.865. The molecule has 68 valence electrons. The molecule has 13 heavy (non-hydrogen) atoms. The summed E-state index contributed by atoms with van der Waals surface area (Å²) >= 11 is 1.76. The number of nitrogens with one attached hydrogen (secondary N) is 1. The lowest BCUT2D eigenvalue weighted by Crippen LogP contribution is -2.04. The van der Waals surface area contributed by atoms with Crippen LogP contribution in [0.1, 0.15) is 6.92 Å². The van der Waals surface area contributed by atoms with E-state index >= 15 is 0 Å². The summed E-state index contributed by atoms with van der Waals surface area (Å²) in [5, 5.41) is 4.22. The minimum absolute atomic E-state index is 0.434. The highest BCUT2D eigenvalue weighted by Gasteiger charge is 2.13. The highest BCUT2D eigenvalue weighted by atomic mass is 32.2. The molecule has 4 heteroatoms. The summed E-state index contributed by atoms with van der Waals surface area (Å²) in [4.78, 5) is 8.44. The first-order valence-electron chi connectivity index (χ1n) is 4.22. The van der Waals surface area contributed by atoms with Crippen molar-refractivity contribution in [3.8, 4) is 0 Å². The van der Waals surface area contributed by atoms with Crippen molar-refractivity contribution in [3.05, 3.63) is 24.5 Å². The third-order valence-corrected chi connectivity index (χ3v) is 2.84. The van der Waals surface area contributed by atoms with Crippen molar-refractivity contribution in [1.29, 1.82) is 0 Å². The van der Waals surface area contributed by atoms with E-state index in [2.05, 4.69) is 22.2 Å². The molecule has 1 aliphatic rings. The molecule has 1 unspecified atom stereocenters. The Kier molecular flexibility index (Phi) is 2.49. The van der Waals surface area contributed by atoms with Gasteiger partial charge in [-0.2, -0.15) is 0 Å². The molecule has 2 rings (SSSR count). The van der Waals surface area contributed by atoms with E-state index < -0.39 is 0 Å². The largest absolute Gasteiger partial charge is 0.334 e. The molecule has 0 amide bonds. The molecule has 0 radical (unpaired) electrons. The minimum atomic E-state index is 0.434.